The number of nitrogens with zero attached hydrogens (tertiary/aromatic N) is 3. The van der Waals surface area contributed by atoms with Gasteiger partial charge in [-0.3, -0.25) is 4.98 Å². The van der Waals surface area contributed by atoms with Crippen LogP contribution in [0, 0.1) is 0 Å². The predicted octanol–water partition coefficient (Wildman–Crippen LogP) is 3.89. The van der Waals surface area contributed by atoms with E-state index in [-0.39, 0.29) is 0 Å². The van der Waals surface area contributed by atoms with Crippen LogP contribution >= 0.6 is 0 Å². The monoisotopic (exact) mass is 335 g/mol. The molecule has 0 fully saturated rings. The molecular weight excluding hydrogens is 319 g/mol. The lowest BCUT2D eigenvalue weighted by atomic mass is 10.1. The summed E-state index contributed by atoms with van der Waals surface area (Å²) < 4.78 is 39.6. The van der Waals surface area contributed by atoms with Gasteiger partial charge in [0.1, 0.15) is 5.69 Å². The summed E-state index contributed by atoms with van der Waals surface area (Å²) in [7, 11) is 0. The van der Waals surface area contributed by atoms with E-state index >= 15 is 0 Å². The van der Waals surface area contributed by atoms with E-state index in [0.717, 1.165) is 17.1 Å². The number of aliphatic hydroxyl groups is 1. The van der Waals surface area contributed by atoms with Crippen molar-refractivity contribution in [1.82, 2.24) is 14.5 Å². The Labute approximate surface area is 136 Å². The van der Waals surface area contributed by atoms with Crippen molar-refractivity contribution in [3.05, 3.63) is 48.5 Å². The predicted molar refractivity (Wildman–Crippen MR) is 84.3 cm³/mol. The summed E-state index contributed by atoms with van der Waals surface area (Å²) in [5.74, 6) is 0. The SMILES string of the molecule is CC(C)(O)Cn1cnc2cc(-c3ccc(C(F)(F)F)nc3)ccc21. The lowest BCUT2D eigenvalue weighted by Gasteiger charge is -2.18. The van der Waals surface area contributed by atoms with Crippen molar-refractivity contribution in [2.24, 2.45) is 0 Å². The van der Waals surface area contributed by atoms with Crippen LogP contribution in [0.25, 0.3) is 22.2 Å². The smallest absolute Gasteiger partial charge is 0.389 e. The fourth-order valence-corrected chi connectivity index (χ4v) is 2.52. The Morgan fingerprint density at radius 3 is 2.33 bits per heavy atom. The van der Waals surface area contributed by atoms with Crippen LogP contribution in [0.5, 0.6) is 0 Å². The van der Waals surface area contributed by atoms with Gasteiger partial charge in [-0.1, -0.05) is 12.1 Å². The Morgan fingerprint density at radius 1 is 1.04 bits per heavy atom. The van der Waals surface area contributed by atoms with E-state index in [1.807, 2.05) is 10.6 Å². The van der Waals surface area contributed by atoms with E-state index in [2.05, 4.69) is 9.97 Å². The molecular formula is C17H16F3N3O. The summed E-state index contributed by atoms with van der Waals surface area (Å²) in [5.41, 5.74) is 1.09. The van der Waals surface area contributed by atoms with Crippen LogP contribution in [-0.4, -0.2) is 25.2 Å². The molecule has 4 nitrogen and oxygen atoms in total. The summed E-state index contributed by atoms with van der Waals surface area (Å²) in [4.78, 5) is 7.77. The van der Waals surface area contributed by atoms with E-state index in [1.165, 1.54) is 12.3 Å². The molecule has 0 radical (unpaired) electrons. The number of hydrogen-bond acceptors (Lipinski definition) is 3. The average molecular weight is 335 g/mol. The molecule has 0 bridgehead atoms. The molecule has 0 aliphatic rings. The van der Waals surface area contributed by atoms with Gasteiger partial charge in [-0.15, -0.1) is 0 Å². The second kappa shape index (κ2) is 5.59. The van der Waals surface area contributed by atoms with Gasteiger partial charge in [0.2, 0.25) is 0 Å². The minimum Gasteiger partial charge on any atom is -0.389 e. The molecule has 0 atom stereocenters. The third-order valence-electron chi connectivity index (χ3n) is 3.57. The standard InChI is InChI=1S/C17H16F3N3O/c1-16(2,24)9-23-10-22-13-7-11(3-5-14(13)23)12-4-6-15(21-8-12)17(18,19)20/h3-8,10,24H,9H2,1-2H3. The molecule has 1 aromatic carbocycles. The fourth-order valence-electron chi connectivity index (χ4n) is 2.52. The van der Waals surface area contributed by atoms with Crippen molar-refractivity contribution in [3.8, 4) is 11.1 Å². The van der Waals surface area contributed by atoms with Crippen molar-refractivity contribution in [2.45, 2.75) is 32.2 Å². The van der Waals surface area contributed by atoms with E-state index in [4.69, 9.17) is 0 Å². The van der Waals surface area contributed by atoms with Gasteiger partial charge in [0.05, 0.1) is 29.5 Å². The second-order valence-electron chi connectivity index (χ2n) is 6.32. The van der Waals surface area contributed by atoms with Crippen molar-refractivity contribution in [2.75, 3.05) is 0 Å². The maximum atomic E-state index is 12.6. The van der Waals surface area contributed by atoms with Crippen LogP contribution in [0.15, 0.2) is 42.9 Å². The van der Waals surface area contributed by atoms with Crippen LogP contribution in [0.3, 0.4) is 0 Å². The highest BCUT2D eigenvalue weighted by atomic mass is 19.4. The lowest BCUT2D eigenvalue weighted by Crippen LogP contribution is -2.25. The zero-order valence-corrected chi connectivity index (χ0v) is 13.2. The van der Waals surface area contributed by atoms with Crippen LogP contribution < -0.4 is 0 Å². The first-order valence-corrected chi connectivity index (χ1v) is 7.34. The Morgan fingerprint density at radius 2 is 1.75 bits per heavy atom. The summed E-state index contributed by atoms with van der Waals surface area (Å²) >= 11 is 0. The van der Waals surface area contributed by atoms with Crippen LogP contribution in [0.1, 0.15) is 19.5 Å². The molecule has 2 heterocycles. The Bertz CT molecular complexity index is 861. The number of fused-ring (bicyclic) bond motifs is 1. The molecule has 0 saturated carbocycles. The quantitative estimate of drug-likeness (QED) is 0.790. The number of halogens is 3. The largest absolute Gasteiger partial charge is 0.433 e. The molecule has 126 valence electrons. The third-order valence-corrected chi connectivity index (χ3v) is 3.57. The van der Waals surface area contributed by atoms with Crippen LogP contribution in [0.4, 0.5) is 13.2 Å². The molecule has 7 heteroatoms. The number of benzene rings is 1. The maximum Gasteiger partial charge on any atom is 0.433 e. The first-order chi connectivity index (χ1) is 11.1. The topological polar surface area (TPSA) is 50.9 Å². The number of imidazole rings is 1. The maximum absolute atomic E-state index is 12.6. The fraction of sp³-hybridized carbons (Fsp3) is 0.294. The second-order valence-corrected chi connectivity index (χ2v) is 6.32. The lowest BCUT2D eigenvalue weighted by molar-refractivity contribution is -0.141. The molecule has 3 aromatic rings. The van der Waals surface area contributed by atoms with Gasteiger partial charge in [0.15, 0.2) is 0 Å². The Hall–Kier alpha value is -2.41. The van der Waals surface area contributed by atoms with Gasteiger partial charge in [-0.2, -0.15) is 13.2 Å². The summed E-state index contributed by atoms with van der Waals surface area (Å²) in [6.07, 6.45) is -1.60. The van der Waals surface area contributed by atoms with Gasteiger partial charge in [-0.25, -0.2) is 4.98 Å². The van der Waals surface area contributed by atoms with Crippen molar-refractivity contribution in [1.29, 1.82) is 0 Å². The van der Waals surface area contributed by atoms with Crippen LogP contribution in [-0.2, 0) is 12.7 Å². The minimum absolute atomic E-state index is 0.394. The van der Waals surface area contributed by atoms with Crippen molar-refractivity contribution in [3.63, 3.8) is 0 Å². The highest BCUT2D eigenvalue weighted by Gasteiger charge is 2.32. The molecule has 2 aromatic heterocycles. The number of aromatic nitrogens is 3. The number of rotatable bonds is 3. The zero-order valence-electron chi connectivity index (χ0n) is 13.2. The number of hydrogen-bond donors (Lipinski definition) is 1. The van der Waals surface area contributed by atoms with Gasteiger partial charge in [-0.05, 0) is 37.6 Å². The first-order valence-electron chi connectivity index (χ1n) is 7.34. The molecule has 1 N–H and O–H groups in total. The highest BCUT2D eigenvalue weighted by molar-refractivity contribution is 5.82. The van der Waals surface area contributed by atoms with E-state index in [1.54, 1.807) is 32.3 Å². The first kappa shape index (κ1) is 16.4. The van der Waals surface area contributed by atoms with Gasteiger partial charge in [0.25, 0.3) is 0 Å². The van der Waals surface area contributed by atoms with E-state index < -0.39 is 17.5 Å². The zero-order chi connectivity index (χ0) is 17.5. The number of alkyl halides is 3. The van der Waals surface area contributed by atoms with Crippen molar-refractivity contribution >= 4 is 11.0 Å². The molecule has 0 saturated heterocycles. The third kappa shape index (κ3) is 3.41. The molecule has 0 spiro atoms. The van der Waals surface area contributed by atoms with Gasteiger partial charge in [0, 0.05) is 11.8 Å². The molecule has 0 unspecified atom stereocenters. The van der Waals surface area contributed by atoms with E-state index in [9.17, 15) is 18.3 Å². The molecule has 24 heavy (non-hydrogen) atoms. The Kier molecular flexibility index (Phi) is 3.83. The van der Waals surface area contributed by atoms with Gasteiger partial charge < -0.3 is 9.67 Å². The molecule has 0 aliphatic heterocycles. The molecule has 0 aliphatic carbocycles. The Balaban J connectivity index is 1.94. The summed E-state index contributed by atoms with van der Waals surface area (Å²) in [6.45, 7) is 3.81. The molecule has 0 amide bonds. The highest BCUT2D eigenvalue weighted by Crippen LogP contribution is 2.30. The van der Waals surface area contributed by atoms with E-state index in [0.29, 0.717) is 17.6 Å². The molecule has 3 rings (SSSR count). The summed E-state index contributed by atoms with van der Waals surface area (Å²) in [6, 6.07) is 7.79. The number of pyridine rings is 1. The normalized spacial score (nSPS) is 12.8. The average Bonchev–Trinajstić information content (AvgIpc) is 2.87. The van der Waals surface area contributed by atoms with Gasteiger partial charge >= 0.3 is 6.18 Å². The minimum atomic E-state index is -4.45. The van der Waals surface area contributed by atoms with Crippen LogP contribution in [0.2, 0.25) is 0 Å². The van der Waals surface area contributed by atoms with Crippen molar-refractivity contribution < 1.29 is 18.3 Å². The summed E-state index contributed by atoms with van der Waals surface area (Å²) in [5, 5.41) is 9.92.